The van der Waals surface area contributed by atoms with Crippen LogP contribution < -0.4 is 4.90 Å². The Kier molecular flexibility index (Phi) is 1.96. The summed E-state index contributed by atoms with van der Waals surface area (Å²) in [6, 6.07) is 3.59. The molecule has 1 aromatic heterocycles. The summed E-state index contributed by atoms with van der Waals surface area (Å²) in [6.07, 6.45) is 3.49. The highest BCUT2D eigenvalue weighted by Gasteiger charge is 2.08. The van der Waals surface area contributed by atoms with Gasteiger partial charge in [0.15, 0.2) is 0 Å². The monoisotopic (exact) mass is 181 g/mol. The molecule has 0 atom stereocenters. The Hall–Kier alpha value is -1.09. The van der Waals surface area contributed by atoms with Gasteiger partial charge in [-0.15, -0.1) is 0 Å². The molecule has 0 radical (unpaired) electrons. The molecule has 0 aromatic carbocycles. The second kappa shape index (κ2) is 3.11. The third kappa shape index (κ3) is 1.41. The fraction of sp³-hybridized carbons (Fsp3) is 0.250. The van der Waals surface area contributed by atoms with Gasteiger partial charge >= 0.3 is 0 Å². The highest BCUT2D eigenvalue weighted by molar-refractivity contribution is 6.30. The Labute approximate surface area is 75.7 Å². The summed E-state index contributed by atoms with van der Waals surface area (Å²) in [7, 11) is 0. The van der Waals surface area contributed by atoms with Crippen molar-refractivity contribution in [2.24, 2.45) is 4.99 Å². The molecule has 0 fully saturated rings. The van der Waals surface area contributed by atoms with Crippen molar-refractivity contribution in [1.82, 2.24) is 4.98 Å². The largest absolute Gasteiger partial charge is 0.316 e. The van der Waals surface area contributed by atoms with E-state index >= 15 is 0 Å². The van der Waals surface area contributed by atoms with E-state index in [4.69, 9.17) is 11.6 Å². The number of pyridine rings is 1. The van der Waals surface area contributed by atoms with E-state index in [1.165, 1.54) is 0 Å². The first-order valence-electron chi connectivity index (χ1n) is 3.74. The number of rotatable bonds is 1. The molecule has 0 amide bonds. The van der Waals surface area contributed by atoms with Crippen LogP contribution in [0.1, 0.15) is 0 Å². The van der Waals surface area contributed by atoms with Crippen molar-refractivity contribution < 1.29 is 0 Å². The van der Waals surface area contributed by atoms with Crippen molar-refractivity contribution in [3.8, 4) is 0 Å². The number of aliphatic imine (C=N–C) groups is 1. The van der Waals surface area contributed by atoms with Crippen LogP contribution in [0.5, 0.6) is 0 Å². The van der Waals surface area contributed by atoms with E-state index in [1.807, 2.05) is 11.0 Å². The lowest BCUT2D eigenvalue weighted by Gasteiger charge is -2.11. The minimum absolute atomic E-state index is 0.709. The maximum Gasteiger partial charge on any atom is 0.135 e. The van der Waals surface area contributed by atoms with E-state index in [-0.39, 0.29) is 0 Å². The first kappa shape index (κ1) is 7.55. The summed E-state index contributed by atoms with van der Waals surface area (Å²) < 4.78 is 0. The second-order valence-corrected chi connectivity index (χ2v) is 2.98. The maximum absolute atomic E-state index is 5.81. The first-order chi connectivity index (χ1) is 5.86. The third-order valence-corrected chi connectivity index (χ3v) is 1.93. The van der Waals surface area contributed by atoms with E-state index in [0.717, 1.165) is 18.9 Å². The van der Waals surface area contributed by atoms with E-state index in [0.29, 0.717) is 5.02 Å². The molecule has 62 valence electrons. The van der Waals surface area contributed by atoms with Crippen LogP contribution in [0.15, 0.2) is 23.3 Å². The molecule has 0 bridgehead atoms. The zero-order valence-electron chi connectivity index (χ0n) is 6.44. The average molecular weight is 182 g/mol. The molecule has 3 nitrogen and oxygen atoms in total. The lowest BCUT2D eigenvalue weighted by atomic mass is 10.4. The quantitative estimate of drug-likeness (QED) is 0.658. The van der Waals surface area contributed by atoms with Crippen molar-refractivity contribution in [2.75, 3.05) is 18.0 Å². The Morgan fingerprint density at radius 1 is 1.50 bits per heavy atom. The van der Waals surface area contributed by atoms with E-state index in [2.05, 4.69) is 9.98 Å². The van der Waals surface area contributed by atoms with Crippen molar-refractivity contribution in [2.45, 2.75) is 0 Å². The van der Waals surface area contributed by atoms with Gasteiger partial charge < -0.3 is 4.90 Å². The van der Waals surface area contributed by atoms with Crippen LogP contribution in [0, 0.1) is 0 Å². The number of hydrogen-bond acceptors (Lipinski definition) is 3. The minimum atomic E-state index is 0.709. The van der Waals surface area contributed by atoms with Crippen molar-refractivity contribution in [3.63, 3.8) is 0 Å². The molecular weight excluding hydrogens is 174 g/mol. The van der Waals surface area contributed by atoms with Crippen LogP contribution >= 0.6 is 11.6 Å². The lowest BCUT2D eigenvalue weighted by molar-refractivity contribution is 1.00. The predicted molar refractivity (Wildman–Crippen MR) is 50.0 cm³/mol. The summed E-state index contributed by atoms with van der Waals surface area (Å²) in [5.41, 5.74) is 0. The van der Waals surface area contributed by atoms with Gasteiger partial charge in [-0.25, -0.2) is 4.98 Å². The third-order valence-electron chi connectivity index (χ3n) is 1.69. The van der Waals surface area contributed by atoms with Gasteiger partial charge in [0, 0.05) is 17.8 Å². The molecular formula is C8H8ClN3. The Morgan fingerprint density at radius 2 is 2.42 bits per heavy atom. The molecule has 12 heavy (non-hydrogen) atoms. The van der Waals surface area contributed by atoms with Gasteiger partial charge in [0.1, 0.15) is 5.82 Å². The summed E-state index contributed by atoms with van der Waals surface area (Å²) in [5, 5.41) is 0.709. The molecule has 0 aliphatic carbocycles. The summed E-state index contributed by atoms with van der Waals surface area (Å²) in [6.45, 7) is 1.74. The van der Waals surface area contributed by atoms with Crippen LogP contribution in [-0.4, -0.2) is 24.4 Å². The second-order valence-electron chi connectivity index (χ2n) is 2.55. The molecule has 1 aliphatic heterocycles. The number of aromatic nitrogens is 1. The van der Waals surface area contributed by atoms with E-state index in [1.54, 1.807) is 18.6 Å². The van der Waals surface area contributed by atoms with Crippen molar-refractivity contribution in [3.05, 3.63) is 23.4 Å². The van der Waals surface area contributed by atoms with Crippen LogP contribution in [-0.2, 0) is 0 Å². The highest BCUT2D eigenvalue weighted by Crippen LogP contribution is 2.16. The maximum atomic E-state index is 5.81. The van der Waals surface area contributed by atoms with E-state index < -0.39 is 0 Å². The molecule has 0 unspecified atom stereocenters. The molecule has 1 aliphatic rings. The van der Waals surface area contributed by atoms with Gasteiger partial charge in [-0.1, -0.05) is 11.6 Å². The highest BCUT2D eigenvalue weighted by atomic mass is 35.5. The van der Waals surface area contributed by atoms with Crippen LogP contribution in [0.3, 0.4) is 0 Å². The van der Waals surface area contributed by atoms with Gasteiger partial charge in [-0.05, 0) is 12.1 Å². The zero-order valence-corrected chi connectivity index (χ0v) is 7.20. The molecule has 1 aromatic rings. The topological polar surface area (TPSA) is 28.5 Å². The molecule has 0 saturated heterocycles. The molecule has 0 N–H and O–H groups in total. The Balaban J connectivity index is 2.27. The molecule has 2 rings (SSSR count). The zero-order chi connectivity index (χ0) is 8.39. The van der Waals surface area contributed by atoms with Crippen LogP contribution in [0.4, 0.5) is 5.82 Å². The standard InChI is InChI=1S/C8H8ClN3/c9-7-1-2-11-8(5-7)12-4-3-10-6-12/h1-2,5-6H,3-4H2. The fourth-order valence-electron chi connectivity index (χ4n) is 1.10. The SMILES string of the molecule is Clc1ccnc(N2C=NCC2)c1. The Bertz CT molecular complexity index is 311. The molecule has 0 saturated carbocycles. The smallest absolute Gasteiger partial charge is 0.135 e. The average Bonchev–Trinajstić information content (AvgIpc) is 2.56. The van der Waals surface area contributed by atoms with Crippen molar-refractivity contribution in [1.29, 1.82) is 0 Å². The fourth-order valence-corrected chi connectivity index (χ4v) is 1.26. The van der Waals surface area contributed by atoms with Gasteiger partial charge in [0.25, 0.3) is 0 Å². The molecule has 0 spiro atoms. The summed E-state index contributed by atoms with van der Waals surface area (Å²) >= 11 is 5.81. The molecule has 4 heteroatoms. The summed E-state index contributed by atoms with van der Waals surface area (Å²) in [5.74, 6) is 0.865. The van der Waals surface area contributed by atoms with Crippen molar-refractivity contribution >= 4 is 23.8 Å². The first-order valence-corrected chi connectivity index (χ1v) is 4.12. The van der Waals surface area contributed by atoms with E-state index in [9.17, 15) is 0 Å². The number of nitrogens with zero attached hydrogens (tertiary/aromatic N) is 3. The number of anilines is 1. The van der Waals surface area contributed by atoms with Gasteiger partial charge in [-0.2, -0.15) is 0 Å². The number of hydrogen-bond donors (Lipinski definition) is 0. The normalized spacial score (nSPS) is 15.6. The predicted octanol–water partition coefficient (Wildman–Crippen LogP) is 1.58. The number of halogens is 1. The molecule has 2 heterocycles. The van der Waals surface area contributed by atoms with Gasteiger partial charge in [-0.3, -0.25) is 4.99 Å². The lowest BCUT2D eigenvalue weighted by Crippen LogP contribution is -2.19. The Morgan fingerprint density at radius 3 is 3.08 bits per heavy atom. The van der Waals surface area contributed by atoms with Crippen LogP contribution in [0.25, 0.3) is 0 Å². The minimum Gasteiger partial charge on any atom is -0.316 e. The van der Waals surface area contributed by atoms with Crippen LogP contribution in [0.2, 0.25) is 5.02 Å². The summed E-state index contributed by atoms with van der Waals surface area (Å²) in [4.78, 5) is 10.2. The van der Waals surface area contributed by atoms with Gasteiger partial charge in [0.2, 0.25) is 0 Å². The van der Waals surface area contributed by atoms with Gasteiger partial charge in [0.05, 0.1) is 12.9 Å².